The number of hydrogen-bond acceptors (Lipinski definition) is 3. The molecule has 0 aliphatic carbocycles. The number of carbonyl (C=O) groups is 1. The first-order chi connectivity index (χ1) is 8.00. The molecule has 0 saturated carbocycles. The summed E-state index contributed by atoms with van der Waals surface area (Å²) in [5.41, 5.74) is 7.96. The van der Waals surface area contributed by atoms with E-state index in [9.17, 15) is 4.79 Å². The van der Waals surface area contributed by atoms with E-state index in [0.29, 0.717) is 4.77 Å². The Morgan fingerprint density at radius 3 is 3.06 bits per heavy atom. The lowest BCUT2D eigenvalue weighted by Gasteiger charge is -2.11. The summed E-state index contributed by atoms with van der Waals surface area (Å²) in [7, 11) is 0. The average Bonchev–Trinajstić information content (AvgIpc) is 2.55. The van der Waals surface area contributed by atoms with E-state index in [1.54, 1.807) is 6.20 Å². The van der Waals surface area contributed by atoms with Crippen LogP contribution < -0.4 is 5.73 Å². The van der Waals surface area contributed by atoms with Gasteiger partial charge >= 0.3 is 0 Å². The van der Waals surface area contributed by atoms with Gasteiger partial charge in [-0.15, -0.1) is 0 Å². The van der Waals surface area contributed by atoms with E-state index in [2.05, 4.69) is 9.97 Å². The normalized spacial score (nSPS) is 12.8. The number of hydrogen-bond donors (Lipinski definition) is 2. The number of nitrogens with one attached hydrogen (secondary N) is 1. The summed E-state index contributed by atoms with van der Waals surface area (Å²) < 4.78 is 2.40. The molecule has 0 aromatic carbocycles. The van der Waals surface area contributed by atoms with E-state index in [1.807, 2.05) is 24.5 Å². The first-order valence-electron chi connectivity index (χ1n) is 5.35. The maximum Gasteiger partial charge on any atom is 0.219 e. The van der Waals surface area contributed by atoms with Gasteiger partial charge in [-0.05, 0) is 37.7 Å². The minimum atomic E-state index is -0.346. The Morgan fingerprint density at radius 2 is 2.41 bits per heavy atom. The Morgan fingerprint density at radius 1 is 1.71 bits per heavy atom. The number of nitrogens with two attached hydrogens (primary N) is 1. The standard InChI is InChI=1S/C11H14N4OS/c1-6-3-4-13-10-9(6)14-11(17)15(10)7(2)5-8(12)16/h3-4,7H,5H2,1-2H3,(H2,12,16)(H,14,17). The minimum Gasteiger partial charge on any atom is -0.370 e. The van der Waals surface area contributed by atoms with Gasteiger partial charge in [-0.3, -0.25) is 9.36 Å². The number of pyridine rings is 1. The second-order valence-electron chi connectivity index (χ2n) is 4.15. The number of H-pyrrole nitrogens is 1. The van der Waals surface area contributed by atoms with Gasteiger partial charge in [0, 0.05) is 18.7 Å². The van der Waals surface area contributed by atoms with Crippen molar-refractivity contribution in [3.63, 3.8) is 0 Å². The fourth-order valence-electron chi connectivity index (χ4n) is 1.94. The predicted molar refractivity (Wildman–Crippen MR) is 68.2 cm³/mol. The molecule has 0 fully saturated rings. The van der Waals surface area contributed by atoms with E-state index in [-0.39, 0.29) is 18.4 Å². The fraction of sp³-hybridized carbons (Fsp3) is 0.364. The van der Waals surface area contributed by atoms with Gasteiger partial charge in [0.15, 0.2) is 10.4 Å². The molecule has 0 radical (unpaired) electrons. The zero-order valence-corrected chi connectivity index (χ0v) is 10.5. The molecule has 90 valence electrons. The Bertz CT molecular complexity index is 628. The van der Waals surface area contributed by atoms with Crippen LogP contribution in [0.3, 0.4) is 0 Å². The zero-order chi connectivity index (χ0) is 12.6. The molecule has 1 unspecified atom stereocenters. The fourth-order valence-corrected chi connectivity index (χ4v) is 2.30. The van der Waals surface area contributed by atoms with Crippen LogP contribution in [0.1, 0.15) is 24.9 Å². The number of imidazole rings is 1. The molecule has 2 rings (SSSR count). The second-order valence-corrected chi connectivity index (χ2v) is 4.53. The summed E-state index contributed by atoms with van der Waals surface area (Å²) in [5, 5.41) is 0. The monoisotopic (exact) mass is 250 g/mol. The second kappa shape index (κ2) is 4.29. The number of fused-ring (bicyclic) bond motifs is 1. The van der Waals surface area contributed by atoms with Gasteiger partial charge in [0.05, 0.1) is 5.52 Å². The molecular weight excluding hydrogens is 236 g/mol. The Hall–Kier alpha value is -1.69. The van der Waals surface area contributed by atoms with Crippen LogP contribution in [0, 0.1) is 11.7 Å². The van der Waals surface area contributed by atoms with Gasteiger partial charge in [0.25, 0.3) is 0 Å². The van der Waals surface area contributed by atoms with Gasteiger partial charge in [-0.2, -0.15) is 0 Å². The number of aromatic amines is 1. The molecule has 2 aromatic rings. The molecule has 6 heteroatoms. The quantitative estimate of drug-likeness (QED) is 0.816. The van der Waals surface area contributed by atoms with Crippen molar-refractivity contribution in [2.24, 2.45) is 5.73 Å². The van der Waals surface area contributed by atoms with Gasteiger partial charge < -0.3 is 10.7 Å². The molecule has 1 amide bonds. The summed E-state index contributed by atoms with van der Waals surface area (Å²) in [5.74, 6) is -0.346. The van der Waals surface area contributed by atoms with Crippen molar-refractivity contribution in [1.82, 2.24) is 14.5 Å². The molecule has 0 aliphatic rings. The van der Waals surface area contributed by atoms with Crippen LogP contribution in [0.2, 0.25) is 0 Å². The number of primary amides is 1. The number of rotatable bonds is 3. The number of aromatic nitrogens is 3. The first kappa shape index (κ1) is 11.8. The first-order valence-corrected chi connectivity index (χ1v) is 5.75. The van der Waals surface area contributed by atoms with Crippen LogP contribution >= 0.6 is 12.2 Å². The van der Waals surface area contributed by atoms with Crippen LogP contribution in [0.5, 0.6) is 0 Å². The van der Waals surface area contributed by atoms with Gasteiger partial charge in [-0.1, -0.05) is 0 Å². The molecule has 5 nitrogen and oxygen atoms in total. The Labute approximate surface area is 104 Å². The largest absolute Gasteiger partial charge is 0.370 e. The Kier molecular flexibility index (Phi) is 2.97. The zero-order valence-electron chi connectivity index (χ0n) is 9.73. The summed E-state index contributed by atoms with van der Waals surface area (Å²) >= 11 is 5.26. The highest BCUT2D eigenvalue weighted by Gasteiger charge is 2.14. The van der Waals surface area contributed by atoms with Crippen LogP contribution in [0.25, 0.3) is 11.2 Å². The Balaban J connectivity index is 2.61. The van der Waals surface area contributed by atoms with Crippen LogP contribution in [-0.2, 0) is 4.79 Å². The number of nitrogens with zero attached hydrogens (tertiary/aromatic N) is 2. The topological polar surface area (TPSA) is 76.7 Å². The molecule has 17 heavy (non-hydrogen) atoms. The summed E-state index contributed by atoms with van der Waals surface area (Å²) in [6.07, 6.45) is 1.98. The third kappa shape index (κ3) is 2.08. The lowest BCUT2D eigenvalue weighted by atomic mass is 10.2. The van der Waals surface area contributed by atoms with Crippen molar-refractivity contribution in [3.05, 3.63) is 22.6 Å². The van der Waals surface area contributed by atoms with E-state index in [0.717, 1.165) is 16.7 Å². The third-order valence-electron chi connectivity index (χ3n) is 2.76. The van der Waals surface area contributed by atoms with E-state index in [4.69, 9.17) is 18.0 Å². The van der Waals surface area contributed by atoms with Crippen LogP contribution in [-0.4, -0.2) is 20.4 Å². The molecule has 0 bridgehead atoms. The smallest absolute Gasteiger partial charge is 0.219 e. The highest BCUT2D eigenvalue weighted by Crippen LogP contribution is 2.21. The molecule has 0 aliphatic heterocycles. The van der Waals surface area contributed by atoms with Gasteiger partial charge in [-0.25, -0.2) is 4.98 Å². The molecular formula is C11H14N4OS. The van der Waals surface area contributed by atoms with Crippen molar-refractivity contribution in [2.75, 3.05) is 0 Å². The lowest BCUT2D eigenvalue weighted by molar-refractivity contribution is -0.118. The van der Waals surface area contributed by atoms with E-state index >= 15 is 0 Å². The molecule has 2 heterocycles. The summed E-state index contributed by atoms with van der Waals surface area (Å²) in [4.78, 5) is 18.4. The SMILES string of the molecule is Cc1ccnc2c1[nH]c(=S)n2C(C)CC(N)=O. The highest BCUT2D eigenvalue weighted by molar-refractivity contribution is 7.71. The minimum absolute atomic E-state index is 0.0944. The van der Waals surface area contributed by atoms with Gasteiger partial charge in [0.1, 0.15) is 0 Å². The third-order valence-corrected chi connectivity index (χ3v) is 3.05. The molecule has 0 saturated heterocycles. The maximum absolute atomic E-state index is 11.0. The molecule has 2 aromatic heterocycles. The van der Waals surface area contributed by atoms with Gasteiger partial charge in [0.2, 0.25) is 5.91 Å². The van der Waals surface area contributed by atoms with Crippen molar-refractivity contribution < 1.29 is 4.79 Å². The number of aryl methyl sites for hydroxylation is 1. The predicted octanol–water partition coefficient (Wildman–Crippen LogP) is 1.84. The van der Waals surface area contributed by atoms with Crippen molar-refractivity contribution in [3.8, 4) is 0 Å². The molecule has 0 spiro atoms. The summed E-state index contributed by atoms with van der Waals surface area (Å²) in [6, 6.07) is 1.82. The molecule has 3 N–H and O–H groups in total. The number of amides is 1. The lowest BCUT2D eigenvalue weighted by Crippen LogP contribution is -2.17. The van der Waals surface area contributed by atoms with Crippen LogP contribution in [0.4, 0.5) is 0 Å². The average molecular weight is 250 g/mol. The van der Waals surface area contributed by atoms with E-state index < -0.39 is 0 Å². The molecule has 1 atom stereocenters. The maximum atomic E-state index is 11.0. The van der Waals surface area contributed by atoms with Crippen molar-refractivity contribution in [1.29, 1.82) is 0 Å². The van der Waals surface area contributed by atoms with Crippen molar-refractivity contribution in [2.45, 2.75) is 26.3 Å². The number of carbonyl (C=O) groups excluding carboxylic acids is 1. The van der Waals surface area contributed by atoms with E-state index in [1.165, 1.54) is 0 Å². The van der Waals surface area contributed by atoms with Crippen molar-refractivity contribution >= 4 is 29.3 Å². The highest BCUT2D eigenvalue weighted by atomic mass is 32.1. The van der Waals surface area contributed by atoms with Crippen LogP contribution in [0.15, 0.2) is 12.3 Å². The summed E-state index contributed by atoms with van der Waals surface area (Å²) in [6.45, 7) is 3.89.